The molecule has 3 rings (SSSR count). The van der Waals surface area contributed by atoms with Crippen LogP contribution >= 0.6 is 11.5 Å². The number of nitrogens with one attached hydrogen (secondary N) is 1. The van der Waals surface area contributed by atoms with E-state index in [-0.39, 0.29) is 0 Å². The first-order chi connectivity index (χ1) is 8.88. The maximum absolute atomic E-state index is 5.84. The van der Waals surface area contributed by atoms with Crippen molar-refractivity contribution in [2.24, 2.45) is 16.7 Å². The molecule has 0 amide bonds. The molecular weight excluding hydrogens is 258 g/mol. The molecule has 2 bridgehead atoms. The number of fused-ring (bicyclic) bond motifs is 2. The average Bonchev–Trinajstić information content (AvgIpc) is 2.94. The fraction of sp³-hybridized carbons (Fsp3) is 0.786. The standard InChI is InChI=1S/C14H23N3OS/c1-13(2)8-5-6-14(3,7-8)12(13)16-11-9(18-4)10(15)17-19-11/h8,12,16H,5-7H2,1-4H3,(H2,15,17). The van der Waals surface area contributed by atoms with Gasteiger partial charge in [0, 0.05) is 6.04 Å². The number of nitrogen functional groups attached to an aromatic ring is 1. The van der Waals surface area contributed by atoms with Gasteiger partial charge in [0.05, 0.1) is 7.11 Å². The van der Waals surface area contributed by atoms with Crippen LogP contribution in [0, 0.1) is 16.7 Å². The molecule has 0 aromatic carbocycles. The van der Waals surface area contributed by atoms with E-state index in [0.717, 1.165) is 10.9 Å². The van der Waals surface area contributed by atoms with Crippen molar-refractivity contribution in [3.63, 3.8) is 0 Å². The highest BCUT2D eigenvalue weighted by Gasteiger charge is 2.59. The molecule has 106 valence electrons. The van der Waals surface area contributed by atoms with E-state index in [9.17, 15) is 0 Å². The first-order valence-corrected chi connectivity index (χ1v) is 7.71. The molecule has 0 spiro atoms. The molecule has 19 heavy (non-hydrogen) atoms. The molecule has 0 radical (unpaired) electrons. The van der Waals surface area contributed by atoms with Crippen LogP contribution in [-0.2, 0) is 0 Å². The van der Waals surface area contributed by atoms with E-state index >= 15 is 0 Å². The Morgan fingerprint density at radius 3 is 2.74 bits per heavy atom. The van der Waals surface area contributed by atoms with Gasteiger partial charge in [0.2, 0.25) is 0 Å². The predicted octanol–water partition coefficient (Wildman–Crippen LogP) is 3.36. The molecule has 1 aromatic rings. The van der Waals surface area contributed by atoms with Gasteiger partial charge in [-0.2, -0.15) is 4.37 Å². The lowest BCUT2D eigenvalue weighted by atomic mass is 9.68. The first-order valence-electron chi connectivity index (χ1n) is 6.94. The Kier molecular flexibility index (Phi) is 2.75. The molecule has 3 atom stereocenters. The molecule has 0 saturated heterocycles. The highest BCUT2D eigenvalue weighted by Crippen LogP contribution is 2.63. The lowest BCUT2D eigenvalue weighted by Crippen LogP contribution is -2.45. The molecule has 3 N–H and O–H groups in total. The Hall–Kier alpha value is -0.970. The summed E-state index contributed by atoms with van der Waals surface area (Å²) >= 11 is 1.40. The minimum atomic E-state index is 0.316. The van der Waals surface area contributed by atoms with Gasteiger partial charge in [-0.3, -0.25) is 0 Å². The van der Waals surface area contributed by atoms with Crippen LogP contribution in [0.5, 0.6) is 5.75 Å². The Balaban J connectivity index is 1.90. The third-order valence-electron chi connectivity index (χ3n) is 5.42. The van der Waals surface area contributed by atoms with Crippen molar-refractivity contribution in [1.29, 1.82) is 0 Å². The van der Waals surface area contributed by atoms with E-state index in [2.05, 4.69) is 30.5 Å². The van der Waals surface area contributed by atoms with Crippen molar-refractivity contribution < 1.29 is 4.74 Å². The van der Waals surface area contributed by atoms with Gasteiger partial charge in [-0.1, -0.05) is 20.8 Å². The van der Waals surface area contributed by atoms with E-state index in [4.69, 9.17) is 10.5 Å². The van der Waals surface area contributed by atoms with Gasteiger partial charge < -0.3 is 15.8 Å². The summed E-state index contributed by atoms with van der Waals surface area (Å²) in [5.41, 5.74) is 6.54. The van der Waals surface area contributed by atoms with E-state index in [1.54, 1.807) is 7.11 Å². The van der Waals surface area contributed by atoms with Crippen LogP contribution in [0.4, 0.5) is 10.8 Å². The Labute approximate surface area is 118 Å². The zero-order chi connectivity index (χ0) is 13.8. The van der Waals surface area contributed by atoms with Gasteiger partial charge in [-0.25, -0.2) is 0 Å². The summed E-state index contributed by atoms with van der Waals surface area (Å²) in [6.07, 6.45) is 4.01. The lowest BCUT2D eigenvalue weighted by molar-refractivity contribution is 0.155. The van der Waals surface area contributed by atoms with Gasteiger partial charge in [-0.15, -0.1) is 0 Å². The number of nitrogens with two attached hydrogens (primary N) is 1. The molecule has 3 unspecified atom stereocenters. The smallest absolute Gasteiger partial charge is 0.197 e. The van der Waals surface area contributed by atoms with Gasteiger partial charge in [0.15, 0.2) is 16.6 Å². The topological polar surface area (TPSA) is 60.2 Å². The van der Waals surface area contributed by atoms with Crippen molar-refractivity contribution in [3.05, 3.63) is 0 Å². The van der Waals surface area contributed by atoms with Crippen molar-refractivity contribution >= 4 is 22.4 Å². The fourth-order valence-electron chi connectivity index (χ4n) is 4.38. The van der Waals surface area contributed by atoms with Crippen molar-refractivity contribution in [2.75, 3.05) is 18.2 Å². The third-order valence-corrected chi connectivity index (χ3v) is 6.20. The molecule has 4 nitrogen and oxygen atoms in total. The lowest BCUT2D eigenvalue weighted by Gasteiger charge is -2.43. The molecule has 5 heteroatoms. The zero-order valence-electron chi connectivity index (χ0n) is 12.1. The zero-order valence-corrected chi connectivity index (χ0v) is 12.9. The number of rotatable bonds is 3. The second kappa shape index (κ2) is 4.01. The molecule has 2 aliphatic carbocycles. The van der Waals surface area contributed by atoms with Crippen LogP contribution in [0.2, 0.25) is 0 Å². The Morgan fingerprint density at radius 2 is 2.16 bits per heavy atom. The summed E-state index contributed by atoms with van der Waals surface area (Å²) in [7, 11) is 1.65. The summed E-state index contributed by atoms with van der Waals surface area (Å²) in [5, 5.41) is 4.67. The minimum absolute atomic E-state index is 0.316. The summed E-state index contributed by atoms with van der Waals surface area (Å²) in [6, 6.07) is 0.465. The van der Waals surface area contributed by atoms with Crippen LogP contribution in [0.3, 0.4) is 0 Å². The maximum Gasteiger partial charge on any atom is 0.197 e. The Morgan fingerprint density at radius 1 is 1.42 bits per heavy atom. The van der Waals surface area contributed by atoms with Crippen LogP contribution in [0.15, 0.2) is 0 Å². The van der Waals surface area contributed by atoms with E-state index < -0.39 is 0 Å². The minimum Gasteiger partial charge on any atom is -0.490 e. The molecule has 1 aromatic heterocycles. The number of aromatic nitrogens is 1. The summed E-state index contributed by atoms with van der Waals surface area (Å²) < 4.78 is 9.56. The van der Waals surface area contributed by atoms with E-state index in [1.807, 2.05) is 0 Å². The van der Waals surface area contributed by atoms with Crippen LogP contribution < -0.4 is 15.8 Å². The summed E-state index contributed by atoms with van der Waals surface area (Å²) in [4.78, 5) is 0. The van der Waals surface area contributed by atoms with Gasteiger partial charge in [0.25, 0.3) is 0 Å². The number of hydrogen-bond acceptors (Lipinski definition) is 5. The number of nitrogens with zero attached hydrogens (tertiary/aromatic N) is 1. The van der Waals surface area contributed by atoms with E-state index in [0.29, 0.717) is 28.4 Å². The number of ether oxygens (including phenoxy) is 1. The first kappa shape index (κ1) is 13.0. The fourth-order valence-corrected chi connectivity index (χ4v) is 5.09. The average molecular weight is 281 g/mol. The molecule has 2 fully saturated rings. The summed E-state index contributed by atoms with van der Waals surface area (Å²) in [6.45, 7) is 7.18. The third kappa shape index (κ3) is 1.74. The SMILES string of the molecule is COc1c(N)nsc1NC1C2(C)CCC(C2)C1(C)C. The molecule has 1 heterocycles. The van der Waals surface area contributed by atoms with Gasteiger partial charge in [-0.05, 0) is 47.5 Å². The molecular formula is C14H23N3OS. The Bertz CT molecular complexity index is 494. The van der Waals surface area contributed by atoms with Crippen LogP contribution in [0.25, 0.3) is 0 Å². The molecule has 2 aliphatic rings. The van der Waals surface area contributed by atoms with Crippen LogP contribution in [0.1, 0.15) is 40.0 Å². The van der Waals surface area contributed by atoms with Crippen molar-refractivity contribution in [3.8, 4) is 5.75 Å². The molecule has 0 aliphatic heterocycles. The predicted molar refractivity (Wildman–Crippen MR) is 79.7 cm³/mol. The number of anilines is 2. The van der Waals surface area contributed by atoms with Gasteiger partial charge in [0.1, 0.15) is 0 Å². The van der Waals surface area contributed by atoms with E-state index in [1.165, 1.54) is 30.8 Å². The highest BCUT2D eigenvalue weighted by molar-refractivity contribution is 7.11. The largest absolute Gasteiger partial charge is 0.490 e. The summed E-state index contributed by atoms with van der Waals surface area (Å²) in [5.74, 6) is 2.01. The number of methoxy groups -OCH3 is 1. The maximum atomic E-state index is 5.84. The van der Waals surface area contributed by atoms with Crippen molar-refractivity contribution in [2.45, 2.75) is 46.1 Å². The normalized spacial score (nSPS) is 35.6. The second-order valence-corrected chi connectivity index (χ2v) is 7.70. The van der Waals surface area contributed by atoms with Gasteiger partial charge >= 0.3 is 0 Å². The quantitative estimate of drug-likeness (QED) is 0.892. The van der Waals surface area contributed by atoms with Crippen molar-refractivity contribution in [1.82, 2.24) is 4.37 Å². The molecule has 2 saturated carbocycles. The number of hydrogen-bond donors (Lipinski definition) is 2. The second-order valence-electron chi connectivity index (χ2n) is 6.92. The van der Waals surface area contributed by atoms with Crippen LogP contribution in [-0.4, -0.2) is 17.5 Å². The highest BCUT2D eigenvalue weighted by atomic mass is 32.1. The monoisotopic (exact) mass is 281 g/mol.